The van der Waals surface area contributed by atoms with E-state index >= 15 is 0 Å². The molecule has 0 bridgehead atoms. The molecule has 0 aromatic heterocycles. The normalized spacial score (nSPS) is 21.6. The van der Waals surface area contributed by atoms with Crippen molar-refractivity contribution in [1.82, 2.24) is 5.32 Å². The van der Waals surface area contributed by atoms with Gasteiger partial charge in [-0.2, -0.15) is 11.8 Å². The highest BCUT2D eigenvalue weighted by Crippen LogP contribution is 2.30. The van der Waals surface area contributed by atoms with E-state index in [1.807, 2.05) is 0 Å². The smallest absolute Gasteiger partial charge is 0.406 e. The summed E-state index contributed by atoms with van der Waals surface area (Å²) >= 11 is 1.76. The van der Waals surface area contributed by atoms with Crippen LogP contribution in [0, 0.1) is 0 Å². The van der Waals surface area contributed by atoms with Gasteiger partial charge in [0.05, 0.1) is 5.60 Å². The van der Waals surface area contributed by atoms with Gasteiger partial charge in [0, 0.05) is 25.0 Å². The van der Waals surface area contributed by atoms with Crippen LogP contribution in [0.2, 0.25) is 0 Å². The lowest BCUT2D eigenvalue weighted by molar-refractivity contribution is -0.274. The molecule has 1 amide bonds. The zero-order chi connectivity index (χ0) is 16.2. The van der Waals surface area contributed by atoms with Crippen molar-refractivity contribution < 1.29 is 27.4 Å². The van der Waals surface area contributed by atoms with Crippen molar-refractivity contribution in [2.45, 2.75) is 18.4 Å². The molecule has 22 heavy (non-hydrogen) atoms. The number of thioether (sulfide) groups is 1. The minimum absolute atomic E-state index is 0.270. The van der Waals surface area contributed by atoms with Crippen LogP contribution >= 0.6 is 11.8 Å². The van der Waals surface area contributed by atoms with Gasteiger partial charge in [0.15, 0.2) is 0 Å². The van der Waals surface area contributed by atoms with E-state index in [9.17, 15) is 18.0 Å². The van der Waals surface area contributed by atoms with Crippen LogP contribution in [0.15, 0.2) is 24.3 Å². The van der Waals surface area contributed by atoms with E-state index in [-0.39, 0.29) is 22.8 Å². The quantitative estimate of drug-likeness (QED) is 0.899. The average Bonchev–Trinajstić information content (AvgIpc) is 2.93. The van der Waals surface area contributed by atoms with Crippen LogP contribution in [-0.2, 0) is 4.74 Å². The molecule has 8 heteroatoms. The SMILES string of the molecule is CO[C@]1(CNC(=O)c2ccc(OC(F)(F)F)cc2)CCSC1. The first-order valence-corrected chi connectivity index (χ1v) is 7.76. The van der Waals surface area contributed by atoms with E-state index in [1.165, 1.54) is 12.1 Å². The number of rotatable bonds is 5. The monoisotopic (exact) mass is 335 g/mol. The molecule has 4 nitrogen and oxygen atoms in total. The number of hydrogen-bond acceptors (Lipinski definition) is 4. The van der Waals surface area contributed by atoms with E-state index in [0.717, 1.165) is 30.1 Å². The minimum Gasteiger partial charge on any atom is -0.406 e. The molecule has 122 valence electrons. The number of carbonyl (C=O) groups is 1. The molecule has 1 atom stereocenters. The highest BCUT2D eigenvalue weighted by atomic mass is 32.2. The molecule has 1 N–H and O–H groups in total. The Kier molecular flexibility index (Phi) is 5.23. The van der Waals surface area contributed by atoms with E-state index in [4.69, 9.17) is 4.74 Å². The summed E-state index contributed by atoms with van der Waals surface area (Å²) in [5, 5.41) is 2.76. The summed E-state index contributed by atoms with van der Waals surface area (Å²) in [5.74, 6) is 1.08. The highest BCUT2D eigenvalue weighted by Gasteiger charge is 2.35. The van der Waals surface area contributed by atoms with Crippen LogP contribution in [0.4, 0.5) is 13.2 Å². The van der Waals surface area contributed by atoms with E-state index in [0.29, 0.717) is 6.54 Å². The van der Waals surface area contributed by atoms with Gasteiger partial charge in [-0.25, -0.2) is 0 Å². The van der Waals surface area contributed by atoms with Gasteiger partial charge in [0.2, 0.25) is 0 Å². The summed E-state index contributed by atoms with van der Waals surface area (Å²) in [5.41, 5.74) is -0.0916. The van der Waals surface area contributed by atoms with Gasteiger partial charge in [-0.05, 0) is 36.4 Å². The summed E-state index contributed by atoms with van der Waals surface area (Å²) in [6, 6.07) is 4.80. The molecule has 0 spiro atoms. The lowest BCUT2D eigenvalue weighted by atomic mass is 10.0. The standard InChI is InChI=1S/C14H16F3NO3S/c1-20-13(6-7-22-9-13)8-18-12(19)10-2-4-11(5-3-10)21-14(15,16)17/h2-5H,6-9H2,1H3,(H,18,19)/t13-/m0/s1. The molecule has 0 aliphatic carbocycles. The number of amides is 1. The summed E-state index contributed by atoms with van der Waals surface area (Å²) in [4.78, 5) is 12.0. The van der Waals surface area contributed by atoms with Crippen LogP contribution in [0.5, 0.6) is 5.75 Å². The third kappa shape index (κ3) is 4.54. The molecule has 1 saturated heterocycles. The van der Waals surface area contributed by atoms with Crippen LogP contribution in [0.3, 0.4) is 0 Å². The molecule has 0 radical (unpaired) electrons. The predicted octanol–water partition coefficient (Wildman–Crippen LogP) is 2.84. The first kappa shape index (κ1) is 17.0. The van der Waals surface area contributed by atoms with E-state index in [2.05, 4.69) is 10.1 Å². The Morgan fingerprint density at radius 3 is 2.55 bits per heavy atom. The summed E-state index contributed by atoms with van der Waals surface area (Å²) in [7, 11) is 1.61. The van der Waals surface area contributed by atoms with Gasteiger partial charge >= 0.3 is 6.36 Å². The van der Waals surface area contributed by atoms with Crippen molar-refractivity contribution >= 4 is 17.7 Å². The van der Waals surface area contributed by atoms with Crippen LogP contribution in [0.1, 0.15) is 16.8 Å². The molecule has 0 unspecified atom stereocenters. The number of hydrogen-bond donors (Lipinski definition) is 1. The number of benzene rings is 1. The Balaban J connectivity index is 1.92. The number of nitrogens with one attached hydrogen (secondary N) is 1. The summed E-state index contributed by atoms with van der Waals surface area (Å²) in [6.45, 7) is 0.371. The first-order chi connectivity index (χ1) is 10.3. The third-order valence-corrected chi connectivity index (χ3v) is 4.64. The van der Waals surface area contributed by atoms with Crippen LogP contribution in [-0.4, -0.2) is 43.0 Å². The predicted molar refractivity (Wildman–Crippen MR) is 77.1 cm³/mol. The summed E-state index contributed by atoms with van der Waals surface area (Å²) in [6.07, 6.45) is -3.89. The van der Waals surface area contributed by atoms with Gasteiger partial charge in [-0.15, -0.1) is 13.2 Å². The fourth-order valence-electron chi connectivity index (χ4n) is 2.11. The molecular formula is C14H16F3NO3S. The maximum atomic E-state index is 12.1. The summed E-state index contributed by atoms with van der Waals surface area (Å²) < 4.78 is 45.4. The number of carbonyl (C=O) groups excluding carboxylic acids is 1. The molecule has 1 fully saturated rings. The van der Waals surface area contributed by atoms with Gasteiger partial charge in [-0.3, -0.25) is 4.79 Å². The number of methoxy groups -OCH3 is 1. The van der Waals surface area contributed by atoms with Crippen molar-refractivity contribution in [2.24, 2.45) is 0 Å². The molecule has 1 aliphatic heterocycles. The maximum absolute atomic E-state index is 12.1. The molecule has 2 rings (SSSR count). The van der Waals surface area contributed by atoms with Gasteiger partial charge < -0.3 is 14.8 Å². The molecular weight excluding hydrogens is 319 g/mol. The average molecular weight is 335 g/mol. The van der Waals surface area contributed by atoms with Crippen molar-refractivity contribution in [3.8, 4) is 5.75 Å². The number of ether oxygens (including phenoxy) is 2. The van der Waals surface area contributed by atoms with Crippen molar-refractivity contribution in [1.29, 1.82) is 0 Å². The first-order valence-electron chi connectivity index (χ1n) is 6.60. The Hall–Kier alpha value is -1.41. The second-order valence-corrected chi connectivity index (χ2v) is 6.05. The van der Waals surface area contributed by atoms with Gasteiger partial charge in [-0.1, -0.05) is 0 Å². The number of halogens is 3. The molecule has 1 heterocycles. The Morgan fingerprint density at radius 1 is 1.36 bits per heavy atom. The lowest BCUT2D eigenvalue weighted by Gasteiger charge is -2.26. The molecule has 1 aromatic rings. The van der Waals surface area contributed by atoms with Crippen molar-refractivity contribution in [3.05, 3.63) is 29.8 Å². The Bertz CT molecular complexity index is 513. The van der Waals surface area contributed by atoms with Gasteiger partial charge in [0.1, 0.15) is 5.75 Å². The largest absolute Gasteiger partial charge is 0.573 e. The van der Waals surface area contributed by atoms with E-state index in [1.54, 1.807) is 18.9 Å². The van der Waals surface area contributed by atoms with Gasteiger partial charge in [0.25, 0.3) is 5.91 Å². The fourth-order valence-corrected chi connectivity index (χ4v) is 3.51. The zero-order valence-corrected chi connectivity index (χ0v) is 12.7. The lowest BCUT2D eigenvalue weighted by Crippen LogP contribution is -2.44. The topological polar surface area (TPSA) is 47.6 Å². The Labute approximate surface area is 130 Å². The fraction of sp³-hybridized carbons (Fsp3) is 0.500. The number of alkyl halides is 3. The Morgan fingerprint density at radius 2 is 2.05 bits per heavy atom. The minimum atomic E-state index is -4.74. The maximum Gasteiger partial charge on any atom is 0.573 e. The zero-order valence-electron chi connectivity index (χ0n) is 11.9. The highest BCUT2D eigenvalue weighted by molar-refractivity contribution is 7.99. The van der Waals surface area contributed by atoms with Crippen molar-refractivity contribution in [2.75, 3.05) is 25.2 Å². The van der Waals surface area contributed by atoms with Crippen LogP contribution < -0.4 is 10.1 Å². The molecule has 1 aliphatic rings. The second kappa shape index (κ2) is 6.78. The third-order valence-electron chi connectivity index (χ3n) is 3.42. The second-order valence-electron chi connectivity index (χ2n) is 4.94. The van der Waals surface area contributed by atoms with Crippen molar-refractivity contribution in [3.63, 3.8) is 0 Å². The molecule has 1 aromatic carbocycles. The van der Waals surface area contributed by atoms with Crippen LogP contribution in [0.25, 0.3) is 0 Å². The van der Waals surface area contributed by atoms with E-state index < -0.39 is 6.36 Å². The molecule has 0 saturated carbocycles.